The van der Waals surface area contributed by atoms with Crippen LogP contribution in [0.15, 0.2) is 17.0 Å². The maximum atomic E-state index is 4.35. The Labute approximate surface area is 106 Å². The zero-order valence-electron chi connectivity index (χ0n) is 10.4. The van der Waals surface area contributed by atoms with Crippen LogP contribution in [0.1, 0.15) is 27.7 Å². The summed E-state index contributed by atoms with van der Waals surface area (Å²) < 4.78 is 0.969. The lowest BCUT2D eigenvalue weighted by atomic mass is 10.1. The van der Waals surface area contributed by atoms with Crippen molar-refractivity contribution in [2.24, 2.45) is 11.8 Å². The first-order valence-electron chi connectivity index (χ1n) is 5.71. The molecule has 0 saturated carbocycles. The number of halogens is 1. The van der Waals surface area contributed by atoms with E-state index in [0.717, 1.165) is 23.4 Å². The maximum absolute atomic E-state index is 4.35. The number of anilines is 1. The Morgan fingerprint density at radius 2 is 1.75 bits per heavy atom. The second-order valence-corrected chi connectivity index (χ2v) is 5.74. The van der Waals surface area contributed by atoms with Gasteiger partial charge in [-0.2, -0.15) is 0 Å². The van der Waals surface area contributed by atoms with E-state index in [9.17, 15) is 0 Å². The molecule has 0 aliphatic carbocycles. The molecule has 1 heterocycles. The fourth-order valence-corrected chi connectivity index (χ4v) is 2.14. The van der Waals surface area contributed by atoms with Crippen LogP contribution in [0.25, 0.3) is 0 Å². The van der Waals surface area contributed by atoms with Crippen LogP contribution in [0.4, 0.5) is 5.82 Å². The van der Waals surface area contributed by atoms with E-state index in [1.165, 1.54) is 0 Å². The van der Waals surface area contributed by atoms with Crippen LogP contribution in [0.5, 0.6) is 0 Å². The molecule has 1 rings (SSSR count). The van der Waals surface area contributed by atoms with Crippen molar-refractivity contribution < 1.29 is 0 Å². The molecular formula is C12H20BrN3. The molecule has 0 fully saturated rings. The van der Waals surface area contributed by atoms with Crippen molar-refractivity contribution in [2.45, 2.75) is 27.7 Å². The van der Waals surface area contributed by atoms with Crippen molar-refractivity contribution >= 4 is 21.7 Å². The third kappa shape index (κ3) is 4.08. The van der Waals surface area contributed by atoms with E-state index in [1.54, 1.807) is 12.5 Å². The highest BCUT2D eigenvalue weighted by Gasteiger charge is 2.14. The summed E-state index contributed by atoms with van der Waals surface area (Å²) in [6.45, 7) is 10.9. The van der Waals surface area contributed by atoms with E-state index in [4.69, 9.17) is 0 Å². The minimum Gasteiger partial charge on any atom is -0.355 e. The summed E-state index contributed by atoms with van der Waals surface area (Å²) >= 11 is 3.51. The fourth-order valence-electron chi connectivity index (χ4n) is 1.67. The molecule has 0 N–H and O–H groups in total. The Morgan fingerprint density at radius 1 is 1.19 bits per heavy atom. The van der Waals surface area contributed by atoms with Gasteiger partial charge >= 0.3 is 0 Å². The first-order chi connectivity index (χ1) is 7.50. The van der Waals surface area contributed by atoms with Crippen molar-refractivity contribution in [3.8, 4) is 0 Å². The van der Waals surface area contributed by atoms with E-state index in [-0.39, 0.29) is 0 Å². The van der Waals surface area contributed by atoms with Gasteiger partial charge in [0.1, 0.15) is 12.1 Å². The van der Waals surface area contributed by atoms with E-state index in [0.29, 0.717) is 11.8 Å². The monoisotopic (exact) mass is 285 g/mol. The highest BCUT2D eigenvalue weighted by atomic mass is 79.9. The molecule has 0 amide bonds. The molecule has 0 aliphatic heterocycles. The van der Waals surface area contributed by atoms with Crippen LogP contribution in [0.3, 0.4) is 0 Å². The Balaban J connectivity index is 2.87. The molecule has 0 radical (unpaired) electrons. The Kier molecular flexibility index (Phi) is 5.19. The topological polar surface area (TPSA) is 29.0 Å². The second-order valence-electron chi connectivity index (χ2n) is 4.89. The molecule has 0 bridgehead atoms. The normalized spacial score (nSPS) is 11.2. The molecule has 1 aromatic rings. The van der Waals surface area contributed by atoms with Crippen LogP contribution in [0.2, 0.25) is 0 Å². The first-order valence-corrected chi connectivity index (χ1v) is 6.50. The summed E-state index contributed by atoms with van der Waals surface area (Å²) in [6, 6.07) is 0. The van der Waals surface area contributed by atoms with E-state index < -0.39 is 0 Å². The van der Waals surface area contributed by atoms with E-state index in [1.807, 2.05) is 0 Å². The van der Waals surface area contributed by atoms with Gasteiger partial charge in [-0.15, -0.1) is 0 Å². The lowest BCUT2D eigenvalue weighted by Crippen LogP contribution is -2.32. The van der Waals surface area contributed by atoms with Crippen LogP contribution in [-0.2, 0) is 0 Å². The first kappa shape index (κ1) is 13.4. The largest absolute Gasteiger partial charge is 0.355 e. The molecule has 3 nitrogen and oxygen atoms in total. The lowest BCUT2D eigenvalue weighted by Gasteiger charge is -2.27. The van der Waals surface area contributed by atoms with Gasteiger partial charge in [0, 0.05) is 19.3 Å². The van der Waals surface area contributed by atoms with Crippen LogP contribution in [-0.4, -0.2) is 23.1 Å². The van der Waals surface area contributed by atoms with E-state index in [2.05, 4.69) is 58.5 Å². The van der Waals surface area contributed by atoms with Gasteiger partial charge in [0.2, 0.25) is 0 Å². The molecular weight excluding hydrogens is 266 g/mol. The summed E-state index contributed by atoms with van der Waals surface area (Å²) in [4.78, 5) is 10.7. The summed E-state index contributed by atoms with van der Waals surface area (Å²) in [5.41, 5.74) is 0. The Hall–Kier alpha value is -0.640. The van der Waals surface area contributed by atoms with Gasteiger partial charge in [-0.05, 0) is 27.8 Å². The molecule has 16 heavy (non-hydrogen) atoms. The van der Waals surface area contributed by atoms with Crippen molar-refractivity contribution in [2.75, 3.05) is 18.0 Å². The molecule has 4 heteroatoms. The maximum Gasteiger partial charge on any atom is 0.146 e. The number of rotatable bonds is 5. The summed E-state index contributed by atoms with van der Waals surface area (Å²) in [5, 5.41) is 0. The SMILES string of the molecule is CC(C)CN(CC(C)C)c1ncncc1Br. The van der Waals surface area contributed by atoms with E-state index >= 15 is 0 Å². The average molecular weight is 286 g/mol. The van der Waals surface area contributed by atoms with Gasteiger partial charge in [0.25, 0.3) is 0 Å². The number of aromatic nitrogens is 2. The molecule has 1 aromatic heterocycles. The predicted octanol–water partition coefficient (Wildman–Crippen LogP) is 3.36. The second kappa shape index (κ2) is 6.18. The van der Waals surface area contributed by atoms with Crippen molar-refractivity contribution in [1.29, 1.82) is 0 Å². The van der Waals surface area contributed by atoms with Gasteiger partial charge < -0.3 is 4.90 Å². The standard InChI is InChI=1S/C12H20BrN3/c1-9(2)6-16(7-10(3)4)12-11(13)5-14-8-15-12/h5,8-10H,6-7H2,1-4H3. The van der Waals surface area contributed by atoms with Crippen molar-refractivity contribution in [1.82, 2.24) is 9.97 Å². The van der Waals surface area contributed by atoms with Gasteiger partial charge in [0.15, 0.2) is 0 Å². The van der Waals surface area contributed by atoms with Crippen LogP contribution < -0.4 is 4.90 Å². The highest BCUT2D eigenvalue weighted by Crippen LogP contribution is 2.23. The molecule has 90 valence electrons. The average Bonchev–Trinajstić information content (AvgIpc) is 2.15. The van der Waals surface area contributed by atoms with Gasteiger partial charge in [-0.1, -0.05) is 27.7 Å². The van der Waals surface area contributed by atoms with Gasteiger partial charge in [0.05, 0.1) is 4.47 Å². The van der Waals surface area contributed by atoms with Crippen molar-refractivity contribution in [3.05, 3.63) is 17.0 Å². The molecule has 0 atom stereocenters. The van der Waals surface area contributed by atoms with Crippen LogP contribution >= 0.6 is 15.9 Å². The minimum atomic E-state index is 0.626. The highest BCUT2D eigenvalue weighted by molar-refractivity contribution is 9.10. The van der Waals surface area contributed by atoms with Gasteiger partial charge in [-0.25, -0.2) is 9.97 Å². The number of hydrogen-bond donors (Lipinski definition) is 0. The Morgan fingerprint density at radius 3 is 2.19 bits per heavy atom. The summed E-state index contributed by atoms with van der Waals surface area (Å²) in [7, 11) is 0. The third-order valence-electron chi connectivity index (χ3n) is 2.12. The molecule has 0 spiro atoms. The number of nitrogens with zero attached hydrogens (tertiary/aromatic N) is 3. The molecule has 0 aromatic carbocycles. The predicted molar refractivity (Wildman–Crippen MR) is 71.6 cm³/mol. The Bertz CT molecular complexity index is 316. The van der Waals surface area contributed by atoms with Crippen LogP contribution in [0, 0.1) is 11.8 Å². The van der Waals surface area contributed by atoms with Crippen molar-refractivity contribution in [3.63, 3.8) is 0 Å². The molecule has 0 aliphatic rings. The minimum absolute atomic E-state index is 0.626. The number of hydrogen-bond acceptors (Lipinski definition) is 3. The summed E-state index contributed by atoms with van der Waals surface area (Å²) in [6.07, 6.45) is 3.41. The zero-order chi connectivity index (χ0) is 12.1. The third-order valence-corrected chi connectivity index (χ3v) is 2.68. The van der Waals surface area contributed by atoms with Gasteiger partial charge in [-0.3, -0.25) is 0 Å². The lowest BCUT2D eigenvalue weighted by molar-refractivity contribution is 0.547. The quantitative estimate of drug-likeness (QED) is 0.831. The molecule has 0 unspecified atom stereocenters. The molecule has 0 saturated heterocycles. The fraction of sp³-hybridized carbons (Fsp3) is 0.667. The smallest absolute Gasteiger partial charge is 0.146 e. The zero-order valence-corrected chi connectivity index (χ0v) is 12.0. The summed E-state index contributed by atoms with van der Waals surface area (Å²) in [5.74, 6) is 2.25.